The molecule has 1 atom stereocenters. The van der Waals surface area contributed by atoms with E-state index in [1.807, 2.05) is 69.3 Å². The summed E-state index contributed by atoms with van der Waals surface area (Å²) >= 11 is 0. The Kier molecular flexibility index (Phi) is 7.40. The molecule has 0 saturated carbocycles. The van der Waals surface area contributed by atoms with Crippen molar-refractivity contribution < 1.29 is 22.7 Å². The average Bonchev–Trinajstić information content (AvgIpc) is 3.31. The number of nitrogens with zero attached hydrogens (tertiary/aromatic N) is 3. The maximum Gasteiger partial charge on any atom is 0.410 e. The maximum atomic E-state index is 13.3. The number of ether oxygens (including phenoxy) is 2. The van der Waals surface area contributed by atoms with Crippen LogP contribution < -0.4 is 9.04 Å². The fourth-order valence-corrected chi connectivity index (χ4v) is 6.77. The van der Waals surface area contributed by atoms with Crippen LogP contribution in [0.2, 0.25) is 0 Å². The molecule has 3 aromatic rings. The fraction of sp³-hybridized carbons (Fsp3) is 0.419. The van der Waals surface area contributed by atoms with Crippen LogP contribution in [0.25, 0.3) is 10.8 Å². The second-order valence-corrected chi connectivity index (χ2v) is 13.6. The molecular formula is C31H35N3O5S. The lowest BCUT2D eigenvalue weighted by atomic mass is 9.98. The molecule has 0 radical (unpaired) electrons. The van der Waals surface area contributed by atoms with Crippen molar-refractivity contribution in [3.8, 4) is 11.8 Å². The van der Waals surface area contributed by atoms with Crippen molar-refractivity contribution in [2.75, 3.05) is 23.1 Å². The number of benzene rings is 3. The molecule has 1 fully saturated rings. The second kappa shape index (κ2) is 10.7. The lowest BCUT2D eigenvalue weighted by Gasteiger charge is -2.33. The number of likely N-dealkylation sites (tertiary alicyclic amines) is 1. The first-order valence-electron chi connectivity index (χ1n) is 13.7. The highest BCUT2D eigenvalue weighted by atomic mass is 32.2. The van der Waals surface area contributed by atoms with E-state index >= 15 is 0 Å². The van der Waals surface area contributed by atoms with E-state index in [0.29, 0.717) is 49.4 Å². The molecule has 0 bridgehead atoms. The number of anilines is 1. The Balaban J connectivity index is 1.35. The molecule has 3 aromatic carbocycles. The van der Waals surface area contributed by atoms with Crippen molar-refractivity contribution in [1.82, 2.24) is 4.90 Å². The van der Waals surface area contributed by atoms with Crippen LogP contribution in [0.1, 0.15) is 63.3 Å². The Hall–Kier alpha value is -3.77. The van der Waals surface area contributed by atoms with E-state index in [0.717, 1.165) is 21.9 Å². The Morgan fingerprint density at radius 2 is 1.75 bits per heavy atom. The Labute approximate surface area is 236 Å². The summed E-state index contributed by atoms with van der Waals surface area (Å²) in [4.78, 5) is 14.1. The molecule has 0 N–H and O–H groups in total. The summed E-state index contributed by atoms with van der Waals surface area (Å²) in [6.07, 6.45) is 1.56. The molecule has 0 aliphatic carbocycles. The zero-order chi connectivity index (χ0) is 28.7. The monoisotopic (exact) mass is 561 g/mol. The molecule has 210 valence electrons. The number of carbonyl (C=O) groups excluding carboxylic acids is 1. The number of hydrogen-bond donors (Lipinski definition) is 0. The van der Waals surface area contributed by atoms with Gasteiger partial charge in [0.15, 0.2) is 0 Å². The summed E-state index contributed by atoms with van der Waals surface area (Å²) < 4.78 is 39.9. The number of rotatable bonds is 5. The van der Waals surface area contributed by atoms with Crippen molar-refractivity contribution in [3.05, 3.63) is 71.3 Å². The molecule has 5 rings (SSSR count). The average molecular weight is 562 g/mol. The molecule has 2 heterocycles. The minimum absolute atomic E-state index is 0.0103. The summed E-state index contributed by atoms with van der Waals surface area (Å²) in [5.74, 6) is 0.685. The van der Waals surface area contributed by atoms with E-state index in [1.165, 1.54) is 0 Å². The van der Waals surface area contributed by atoms with Gasteiger partial charge in [-0.3, -0.25) is 4.31 Å². The van der Waals surface area contributed by atoms with Crippen LogP contribution in [-0.4, -0.2) is 50.0 Å². The normalized spacial score (nSPS) is 17.9. The molecule has 1 amide bonds. The number of piperidine rings is 1. The third-order valence-electron chi connectivity index (χ3n) is 7.42. The van der Waals surface area contributed by atoms with Gasteiger partial charge in [0.25, 0.3) is 0 Å². The molecule has 0 spiro atoms. The van der Waals surface area contributed by atoms with Crippen LogP contribution in [0.15, 0.2) is 54.6 Å². The molecule has 9 heteroatoms. The van der Waals surface area contributed by atoms with Gasteiger partial charge in [0.05, 0.1) is 29.1 Å². The van der Waals surface area contributed by atoms with E-state index in [-0.39, 0.29) is 24.0 Å². The van der Waals surface area contributed by atoms with Crippen molar-refractivity contribution in [2.24, 2.45) is 0 Å². The van der Waals surface area contributed by atoms with E-state index in [2.05, 4.69) is 6.07 Å². The Morgan fingerprint density at radius 3 is 2.42 bits per heavy atom. The molecule has 0 aromatic heterocycles. The van der Waals surface area contributed by atoms with Gasteiger partial charge in [-0.2, -0.15) is 5.26 Å². The number of fused-ring (bicyclic) bond motifs is 2. The summed E-state index contributed by atoms with van der Waals surface area (Å²) in [6.45, 7) is 8.35. The quantitative estimate of drug-likeness (QED) is 0.382. The van der Waals surface area contributed by atoms with Gasteiger partial charge in [0.1, 0.15) is 17.5 Å². The second-order valence-electron chi connectivity index (χ2n) is 11.4. The molecule has 8 nitrogen and oxygen atoms in total. The van der Waals surface area contributed by atoms with Crippen LogP contribution >= 0.6 is 0 Å². The number of amides is 1. The zero-order valence-electron chi connectivity index (χ0n) is 23.4. The van der Waals surface area contributed by atoms with Crippen molar-refractivity contribution in [3.63, 3.8) is 0 Å². The number of sulfonamides is 1. The van der Waals surface area contributed by atoms with Crippen LogP contribution in [0, 0.1) is 11.3 Å². The highest BCUT2D eigenvalue weighted by Crippen LogP contribution is 2.44. The zero-order valence-corrected chi connectivity index (χ0v) is 24.2. The summed E-state index contributed by atoms with van der Waals surface area (Å²) in [5, 5.41) is 11.2. The van der Waals surface area contributed by atoms with Crippen molar-refractivity contribution in [2.45, 2.75) is 64.7 Å². The van der Waals surface area contributed by atoms with Gasteiger partial charge in [-0.1, -0.05) is 18.2 Å². The lowest BCUT2D eigenvalue weighted by Crippen LogP contribution is -2.44. The minimum atomic E-state index is -3.55. The molecule has 40 heavy (non-hydrogen) atoms. The van der Waals surface area contributed by atoms with Gasteiger partial charge in [-0.05, 0) is 86.0 Å². The van der Waals surface area contributed by atoms with E-state index in [4.69, 9.17) is 9.47 Å². The largest absolute Gasteiger partial charge is 0.490 e. The summed E-state index contributed by atoms with van der Waals surface area (Å²) in [7, 11) is -3.55. The van der Waals surface area contributed by atoms with Crippen LogP contribution in [0.3, 0.4) is 0 Å². The van der Waals surface area contributed by atoms with Gasteiger partial charge in [0, 0.05) is 32.4 Å². The predicted octanol–water partition coefficient (Wildman–Crippen LogP) is 5.94. The van der Waals surface area contributed by atoms with E-state index < -0.39 is 15.6 Å². The standard InChI is InChI=1S/C31H35N3O5S/c1-5-40(36,37)34-28-11-10-27(38-26-12-14-33(15-13-26)30(35)39-31(2,3)4)18-25(28)19-29(34)23-9-8-22-7-6-21(20-32)16-24(22)17-23/h6-11,16-18,26,29H,5,12-15,19H2,1-4H3/t29-/m1/s1. The Bertz CT molecular complexity index is 1580. The van der Waals surface area contributed by atoms with Gasteiger partial charge < -0.3 is 14.4 Å². The molecule has 1 saturated heterocycles. The third kappa shape index (κ3) is 5.73. The van der Waals surface area contributed by atoms with Crippen LogP contribution in [0.5, 0.6) is 5.75 Å². The first-order valence-corrected chi connectivity index (χ1v) is 15.3. The summed E-state index contributed by atoms with van der Waals surface area (Å²) in [5.41, 5.74) is 2.50. The van der Waals surface area contributed by atoms with Gasteiger partial charge in [0.2, 0.25) is 10.0 Å². The van der Waals surface area contributed by atoms with Crippen molar-refractivity contribution >= 4 is 32.6 Å². The number of nitriles is 1. The third-order valence-corrected chi connectivity index (χ3v) is 9.20. The highest BCUT2D eigenvalue weighted by molar-refractivity contribution is 7.92. The first kappa shape index (κ1) is 27.8. The van der Waals surface area contributed by atoms with Crippen molar-refractivity contribution in [1.29, 1.82) is 5.26 Å². The van der Waals surface area contributed by atoms with E-state index in [9.17, 15) is 18.5 Å². The first-order chi connectivity index (χ1) is 19.0. The maximum absolute atomic E-state index is 13.3. The lowest BCUT2D eigenvalue weighted by molar-refractivity contribution is 0.0126. The number of hydrogen-bond acceptors (Lipinski definition) is 6. The smallest absolute Gasteiger partial charge is 0.410 e. The van der Waals surface area contributed by atoms with Crippen LogP contribution in [-0.2, 0) is 21.2 Å². The van der Waals surface area contributed by atoms with E-state index in [1.54, 1.807) is 22.2 Å². The number of carbonyl (C=O) groups is 1. The summed E-state index contributed by atoms with van der Waals surface area (Å²) in [6, 6.07) is 18.9. The topological polar surface area (TPSA) is 99.9 Å². The van der Waals surface area contributed by atoms with Gasteiger partial charge >= 0.3 is 6.09 Å². The Morgan fingerprint density at radius 1 is 1.02 bits per heavy atom. The fourth-order valence-electron chi connectivity index (χ4n) is 5.43. The minimum Gasteiger partial charge on any atom is -0.490 e. The molecule has 2 aliphatic heterocycles. The molecular weight excluding hydrogens is 526 g/mol. The van der Waals surface area contributed by atoms with Gasteiger partial charge in [-0.25, -0.2) is 13.2 Å². The molecule has 0 unspecified atom stereocenters. The predicted molar refractivity (Wildman–Crippen MR) is 155 cm³/mol. The van der Waals surface area contributed by atoms with Gasteiger partial charge in [-0.15, -0.1) is 0 Å². The van der Waals surface area contributed by atoms with Crippen LogP contribution in [0.4, 0.5) is 10.5 Å². The molecule has 2 aliphatic rings. The SMILES string of the molecule is CCS(=O)(=O)N1c2ccc(OC3CCN(C(=O)OC(C)(C)C)CC3)cc2C[C@@H]1c1ccc2ccc(C#N)cc2c1. The highest BCUT2D eigenvalue weighted by Gasteiger charge is 2.38.